The molecule has 2 saturated heterocycles. The molecule has 2 fully saturated rings. The van der Waals surface area contributed by atoms with E-state index in [1.54, 1.807) is 0 Å². The molecule has 0 radical (unpaired) electrons. The Hall–Kier alpha value is -0.670. The van der Waals surface area contributed by atoms with E-state index in [0.717, 1.165) is 4.31 Å². The van der Waals surface area contributed by atoms with Crippen molar-refractivity contribution in [3.05, 3.63) is 0 Å². The Kier molecular flexibility index (Phi) is 3.90. The first-order valence-electron chi connectivity index (χ1n) is 6.18. The highest BCUT2D eigenvalue weighted by Gasteiger charge is 2.45. The maximum absolute atomic E-state index is 12.4. The van der Waals surface area contributed by atoms with Crippen LogP contribution in [0.1, 0.15) is 25.7 Å². The van der Waals surface area contributed by atoms with Crippen LogP contribution in [0.25, 0.3) is 0 Å². The fraction of sp³-hybridized carbons (Fsp3) is 0.900. The number of nitrogens with zero attached hydrogens (tertiary/aromatic N) is 1. The van der Waals surface area contributed by atoms with Gasteiger partial charge < -0.3 is 5.11 Å². The van der Waals surface area contributed by atoms with Gasteiger partial charge in [-0.25, -0.2) is 16.8 Å². The summed E-state index contributed by atoms with van der Waals surface area (Å²) < 4.78 is 48.5. The van der Waals surface area contributed by atoms with Crippen LogP contribution in [0.5, 0.6) is 0 Å². The van der Waals surface area contributed by atoms with Crippen LogP contribution in [0.15, 0.2) is 0 Å². The predicted molar refractivity (Wildman–Crippen MR) is 68.0 cm³/mol. The van der Waals surface area contributed by atoms with Crippen molar-refractivity contribution in [3.63, 3.8) is 0 Å². The summed E-state index contributed by atoms with van der Waals surface area (Å²) in [5, 5.41) is 8.10. The lowest BCUT2D eigenvalue weighted by atomic mass is 10.1. The largest absolute Gasteiger partial charge is 0.480 e. The maximum atomic E-state index is 12.4. The summed E-state index contributed by atoms with van der Waals surface area (Å²) in [7, 11) is -7.16. The lowest BCUT2D eigenvalue weighted by Gasteiger charge is -2.33. The van der Waals surface area contributed by atoms with Gasteiger partial charge in [0, 0.05) is 6.54 Å². The van der Waals surface area contributed by atoms with Crippen molar-refractivity contribution in [2.45, 2.75) is 37.0 Å². The van der Waals surface area contributed by atoms with Crippen molar-refractivity contribution in [2.75, 3.05) is 18.1 Å². The summed E-state index contributed by atoms with van der Waals surface area (Å²) >= 11 is 0. The molecule has 0 amide bonds. The first-order valence-corrected chi connectivity index (χ1v) is 9.50. The highest BCUT2D eigenvalue weighted by atomic mass is 32.2. The second kappa shape index (κ2) is 5.02. The number of hydrogen-bond acceptors (Lipinski definition) is 5. The monoisotopic (exact) mass is 311 g/mol. The Labute approximate surface area is 112 Å². The average Bonchev–Trinajstić information content (AvgIpc) is 2.70. The van der Waals surface area contributed by atoms with Crippen LogP contribution in [0.2, 0.25) is 0 Å². The van der Waals surface area contributed by atoms with E-state index in [1.807, 2.05) is 0 Å². The molecule has 2 rings (SSSR count). The molecule has 110 valence electrons. The van der Waals surface area contributed by atoms with Gasteiger partial charge in [0.15, 0.2) is 9.84 Å². The normalized spacial score (nSPS) is 32.2. The minimum Gasteiger partial charge on any atom is -0.480 e. The summed E-state index contributed by atoms with van der Waals surface area (Å²) in [6.45, 7) is 0.163. The third-order valence-electron chi connectivity index (χ3n) is 3.68. The van der Waals surface area contributed by atoms with E-state index in [-0.39, 0.29) is 25.1 Å². The van der Waals surface area contributed by atoms with E-state index in [2.05, 4.69) is 0 Å². The molecule has 0 aromatic rings. The van der Waals surface area contributed by atoms with Crippen LogP contribution in [0, 0.1) is 0 Å². The number of piperidine rings is 1. The lowest BCUT2D eigenvalue weighted by molar-refractivity contribution is -0.142. The summed E-state index contributed by atoms with van der Waals surface area (Å²) in [4.78, 5) is 11.1. The summed E-state index contributed by atoms with van der Waals surface area (Å²) in [5.74, 6) is -1.69. The first-order chi connectivity index (χ1) is 8.74. The van der Waals surface area contributed by atoms with Crippen LogP contribution in [-0.2, 0) is 24.7 Å². The number of carboxylic acids is 1. The molecule has 9 heteroatoms. The van der Waals surface area contributed by atoms with Gasteiger partial charge in [-0.15, -0.1) is 0 Å². The van der Waals surface area contributed by atoms with E-state index in [4.69, 9.17) is 5.11 Å². The van der Waals surface area contributed by atoms with Gasteiger partial charge in [0.2, 0.25) is 10.0 Å². The molecule has 1 N–H and O–H groups in total. The molecule has 0 saturated carbocycles. The van der Waals surface area contributed by atoms with Crippen LogP contribution in [0.4, 0.5) is 0 Å². The molecule has 2 atom stereocenters. The topological polar surface area (TPSA) is 109 Å². The van der Waals surface area contributed by atoms with Crippen molar-refractivity contribution in [3.8, 4) is 0 Å². The van der Waals surface area contributed by atoms with Gasteiger partial charge in [-0.3, -0.25) is 4.79 Å². The second-order valence-corrected chi connectivity index (χ2v) is 9.42. The van der Waals surface area contributed by atoms with Crippen LogP contribution in [-0.4, -0.2) is 61.6 Å². The van der Waals surface area contributed by atoms with Crippen molar-refractivity contribution < 1.29 is 26.7 Å². The van der Waals surface area contributed by atoms with Gasteiger partial charge in [-0.2, -0.15) is 4.31 Å². The van der Waals surface area contributed by atoms with Gasteiger partial charge in [-0.1, -0.05) is 0 Å². The van der Waals surface area contributed by atoms with Gasteiger partial charge in [0.25, 0.3) is 0 Å². The summed E-state index contributed by atoms with van der Waals surface area (Å²) in [6.07, 6.45) is 1.63. The van der Waals surface area contributed by atoms with E-state index < -0.39 is 42.9 Å². The molecule has 7 nitrogen and oxygen atoms in total. The molecule has 19 heavy (non-hydrogen) atoms. The number of carboxylic acid groups (broad SMARTS) is 1. The van der Waals surface area contributed by atoms with Crippen LogP contribution in [0.3, 0.4) is 0 Å². The lowest BCUT2D eigenvalue weighted by Crippen LogP contribution is -2.51. The molecule has 2 heterocycles. The number of hydrogen-bond donors (Lipinski definition) is 1. The van der Waals surface area contributed by atoms with Gasteiger partial charge >= 0.3 is 5.97 Å². The minimum atomic E-state index is -3.85. The minimum absolute atomic E-state index is 0.0630. The van der Waals surface area contributed by atoms with Crippen molar-refractivity contribution >= 4 is 25.8 Å². The van der Waals surface area contributed by atoms with Crippen LogP contribution < -0.4 is 0 Å². The Morgan fingerprint density at radius 3 is 2.42 bits per heavy atom. The zero-order valence-corrected chi connectivity index (χ0v) is 12.0. The summed E-state index contributed by atoms with van der Waals surface area (Å²) in [6, 6.07) is -1.05. The molecule has 1 unspecified atom stereocenters. The third-order valence-corrected chi connectivity index (χ3v) is 7.99. The fourth-order valence-corrected chi connectivity index (χ4v) is 7.38. The predicted octanol–water partition coefficient (Wildman–Crippen LogP) is -0.558. The number of rotatable bonds is 3. The SMILES string of the molecule is O=C(O)[C@H]1CCCCN1S(=O)(=O)C1CCS(=O)(=O)C1. The Balaban J connectivity index is 2.25. The molecule has 0 aliphatic carbocycles. The molecule has 2 aliphatic rings. The zero-order chi connectivity index (χ0) is 14.3. The smallest absolute Gasteiger partial charge is 0.322 e. The highest BCUT2D eigenvalue weighted by molar-refractivity contribution is 7.95. The van der Waals surface area contributed by atoms with Crippen LogP contribution >= 0.6 is 0 Å². The number of aliphatic carboxylic acids is 1. The first kappa shape index (κ1) is 14.7. The molecule has 2 aliphatic heterocycles. The van der Waals surface area contributed by atoms with Gasteiger partial charge in [-0.05, 0) is 25.7 Å². The number of sulfone groups is 1. The Morgan fingerprint density at radius 2 is 1.89 bits per heavy atom. The van der Waals surface area contributed by atoms with Crippen molar-refractivity contribution in [1.82, 2.24) is 4.31 Å². The maximum Gasteiger partial charge on any atom is 0.322 e. The second-order valence-electron chi connectivity index (χ2n) is 5.03. The molecular weight excluding hydrogens is 294 g/mol. The zero-order valence-electron chi connectivity index (χ0n) is 10.4. The standard InChI is InChI=1S/C10H17NO6S2/c12-10(13)9-3-1-2-5-11(9)19(16,17)8-4-6-18(14,15)7-8/h8-9H,1-7H2,(H,12,13)/t8?,9-/m1/s1. The quantitative estimate of drug-likeness (QED) is 0.748. The van der Waals surface area contributed by atoms with Crippen molar-refractivity contribution in [1.29, 1.82) is 0 Å². The average molecular weight is 311 g/mol. The van der Waals surface area contributed by atoms with E-state index in [9.17, 15) is 21.6 Å². The molecule has 0 aromatic carbocycles. The van der Waals surface area contributed by atoms with E-state index in [1.165, 1.54) is 0 Å². The third kappa shape index (κ3) is 2.92. The Morgan fingerprint density at radius 1 is 1.21 bits per heavy atom. The summed E-state index contributed by atoms with van der Waals surface area (Å²) in [5.41, 5.74) is 0. The molecular formula is C10H17NO6S2. The van der Waals surface area contributed by atoms with E-state index >= 15 is 0 Å². The Bertz CT molecular complexity index is 567. The fourth-order valence-electron chi connectivity index (χ4n) is 2.64. The highest BCUT2D eigenvalue weighted by Crippen LogP contribution is 2.28. The van der Waals surface area contributed by atoms with E-state index in [0.29, 0.717) is 12.8 Å². The molecule has 0 bridgehead atoms. The molecule has 0 aromatic heterocycles. The number of carbonyl (C=O) groups is 1. The van der Waals surface area contributed by atoms with Crippen molar-refractivity contribution in [2.24, 2.45) is 0 Å². The molecule has 0 spiro atoms. The van der Waals surface area contributed by atoms with Gasteiger partial charge in [0.05, 0.1) is 16.8 Å². The number of sulfonamides is 1. The van der Waals surface area contributed by atoms with Gasteiger partial charge in [0.1, 0.15) is 6.04 Å².